The average molecular weight is 465 g/mol. The van der Waals surface area contributed by atoms with Gasteiger partial charge in [-0.2, -0.15) is 0 Å². The molecule has 2 aliphatic carbocycles. The molecule has 1 fully saturated rings. The second-order valence-electron chi connectivity index (χ2n) is 10.9. The molecule has 1 saturated carbocycles. The molecular formula is C30H40O4. The monoisotopic (exact) mass is 464 g/mol. The van der Waals surface area contributed by atoms with E-state index in [0.717, 1.165) is 54.9 Å². The third kappa shape index (κ3) is 5.26. The van der Waals surface area contributed by atoms with Crippen molar-refractivity contribution in [1.82, 2.24) is 0 Å². The van der Waals surface area contributed by atoms with E-state index in [0.29, 0.717) is 12.5 Å². The number of hydrogen-bond acceptors (Lipinski definition) is 3. The first-order valence-corrected chi connectivity index (χ1v) is 13.0. The van der Waals surface area contributed by atoms with Gasteiger partial charge in [-0.1, -0.05) is 46.2 Å². The average Bonchev–Trinajstić information content (AvgIpc) is 3.19. The van der Waals surface area contributed by atoms with Gasteiger partial charge in [-0.3, -0.25) is 4.79 Å². The zero-order valence-corrected chi connectivity index (χ0v) is 21.2. The summed E-state index contributed by atoms with van der Waals surface area (Å²) in [4.78, 5) is 11.6. The molecule has 4 nitrogen and oxygen atoms in total. The third-order valence-corrected chi connectivity index (χ3v) is 8.05. The fourth-order valence-electron chi connectivity index (χ4n) is 5.97. The maximum atomic E-state index is 11.6. The van der Waals surface area contributed by atoms with Crippen molar-refractivity contribution >= 4 is 5.97 Å². The summed E-state index contributed by atoms with van der Waals surface area (Å²) in [7, 11) is 0. The van der Waals surface area contributed by atoms with E-state index in [1.165, 1.54) is 30.4 Å². The molecule has 2 aliphatic rings. The van der Waals surface area contributed by atoms with Gasteiger partial charge in [-0.25, -0.2) is 0 Å². The van der Waals surface area contributed by atoms with E-state index in [1.807, 2.05) is 13.0 Å². The topological polar surface area (TPSA) is 55.8 Å². The van der Waals surface area contributed by atoms with Gasteiger partial charge in [0.15, 0.2) is 0 Å². The first-order chi connectivity index (χ1) is 16.3. The maximum Gasteiger partial charge on any atom is 0.306 e. The first-order valence-electron chi connectivity index (χ1n) is 13.0. The lowest BCUT2D eigenvalue weighted by Gasteiger charge is -2.29. The Kier molecular flexibility index (Phi) is 7.54. The molecule has 4 rings (SSSR count). The summed E-state index contributed by atoms with van der Waals surface area (Å²) in [5.74, 6) is 1.28. The lowest BCUT2D eigenvalue weighted by Crippen LogP contribution is -2.23. The molecule has 184 valence electrons. The molecule has 0 aromatic heterocycles. The van der Waals surface area contributed by atoms with E-state index < -0.39 is 5.97 Å². The van der Waals surface area contributed by atoms with Gasteiger partial charge in [0.25, 0.3) is 0 Å². The van der Waals surface area contributed by atoms with Crippen molar-refractivity contribution in [3.8, 4) is 11.5 Å². The number of ether oxygens (including phenoxy) is 2. The van der Waals surface area contributed by atoms with E-state index in [-0.39, 0.29) is 17.3 Å². The van der Waals surface area contributed by atoms with Gasteiger partial charge in [0, 0.05) is 0 Å². The molecule has 0 spiro atoms. The number of carboxylic acids is 1. The number of aryl methyl sites for hydroxylation is 1. The van der Waals surface area contributed by atoms with E-state index in [2.05, 4.69) is 51.1 Å². The molecule has 0 saturated heterocycles. The van der Waals surface area contributed by atoms with Gasteiger partial charge in [0.1, 0.15) is 18.1 Å². The van der Waals surface area contributed by atoms with Crippen LogP contribution in [0.4, 0.5) is 0 Å². The predicted molar refractivity (Wildman–Crippen MR) is 136 cm³/mol. The molecule has 0 amide bonds. The Labute approximate surface area is 204 Å². The van der Waals surface area contributed by atoms with Crippen LogP contribution in [0.15, 0.2) is 36.4 Å². The highest BCUT2D eigenvalue weighted by Crippen LogP contribution is 2.51. The van der Waals surface area contributed by atoms with Crippen LogP contribution < -0.4 is 9.47 Å². The lowest BCUT2D eigenvalue weighted by molar-refractivity contribution is -0.142. The maximum absolute atomic E-state index is 11.6. The summed E-state index contributed by atoms with van der Waals surface area (Å²) >= 11 is 0. The second-order valence-corrected chi connectivity index (χ2v) is 10.9. The summed E-state index contributed by atoms with van der Waals surface area (Å²) in [5, 5.41) is 9.57. The van der Waals surface area contributed by atoms with Gasteiger partial charge >= 0.3 is 5.97 Å². The smallest absolute Gasteiger partial charge is 0.306 e. The largest absolute Gasteiger partial charge is 0.493 e. The molecule has 4 heteroatoms. The minimum Gasteiger partial charge on any atom is -0.493 e. The van der Waals surface area contributed by atoms with Gasteiger partial charge in [-0.15, -0.1) is 0 Å². The van der Waals surface area contributed by atoms with Crippen LogP contribution in [0, 0.1) is 11.3 Å². The van der Waals surface area contributed by atoms with Crippen molar-refractivity contribution in [2.24, 2.45) is 11.3 Å². The number of fused-ring (bicyclic) bond motifs is 1. The summed E-state index contributed by atoms with van der Waals surface area (Å²) in [6.07, 6.45) is 7.68. The normalized spacial score (nSPS) is 22.1. The van der Waals surface area contributed by atoms with Crippen molar-refractivity contribution < 1.29 is 19.4 Å². The van der Waals surface area contributed by atoms with Crippen LogP contribution in [-0.2, 0) is 17.8 Å². The van der Waals surface area contributed by atoms with Crippen LogP contribution >= 0.6 is 0 Å². The van der Waals surface area contributed by atoms with Crippen LogP contribution in [0.5, 0.6) is 11.5 Å². The molecule has 0 bridgehead atoms. The van der Waals surface area contributed by atoms with Gasteiger partial charge in [-0.05, 0) is 102 Å². The Bertz CT molecular complexity index is 1010. The number of rotatable bonds is 9. The molecule has 0 aliphatic heterocycles. The fraction of sp³-hybridized carbons (Fsp3) is 0.567. The molecular weight excluding hydrogens is 424 g/mol. The number of carbonyl (C=O) groups is 1. The molecule has 1 N–H and O–H groups in total. The Morgan fingerprint density at radius 2 is 1.91 bits per heavy atom. The number of hydrogen-bond donors (Lipinski definition) is 1. The summed E-state index contributed by atoms with van der Waals surface area (Å²) in [6.45, 7) is 9.94. The highest BCUT2D eigenvalue weighted by Gasteiger charge is 2.37. The molecule has 34 heavy (non-hydrogen) atoms. The molecule has 2 aromatic rings. The highest BCUT2D eigenvalue weighted by atomic mass is 16.5. The molecule has 3 atom stereocenters. The lowest BCUT2D eigenvalue weighted by atomic mass is 9.76. The predicted octanol–water partition coefficient (Wildman–Crippen LogP) is 7.49. The summed E-state index contributed by atoms with van der Waals surface area (Å²) in [6, 6.07) is 12.8. The van der Waals surface area contributed by atoms with Crippen LogP contribution in [-0.4, -0.2) is 17.7 Å². The summed E-state index contributed by atoms with van der Waals surface area (Å²) in [5.41, 5.74) is 5.15. The van der Waals surface area contributed by atoms with E-state index in [1.54, 1.807) is 0 Å². The van der Waals surface area contributed by atoms with Crippen molar-refractivity contribution in [3.05, 3.63) is 58.7 Å². The SMILES string of the molecule is CCCOc1ccc(COc2ccc3c(c2)C([C@H](C)C(=O)O)CCC3)cc1C1CCCC1(C)C. The Balaban J connectivity index is 1.54. The van der Waals surface area contributed by atoms with Crippen LogP contribution in [0.3, 0.4) is 0 Å². The quantitative estimate of drug-likeness (QED) is 0.418. The molecule has 0 heterocycles. The zero-order chi connectivity index (χ0) is 24.3. The van der Waals surface area contributed by atoms with Gasteiger partial charge in [0.2, 0.25) is 0 Å². The third-order valence-electron chi connectivity index (χ3n) is 8.05. The number of benzene rings is 2. The number of carboxylic acid groups (broad SMARTS) is 1. The Hall–Kier alpha value is -2.49. The molecule has 2 aromatic carbocycles. The van der Waals surface area contributed by atoms with Gasteiger partial charge in [0.05, 0.1) is 12.5 Å². The minimum absolute atomic E-state index is 0.0519. The van der Waals surface area contributed by atoms with E-state index >= 15 is 0 Å². The van der Waals surface area contributed by atoms with Crippen LogP contribution in [0.25, 0.3) is 0 Å². The Morgan fingerprint density at radius 3 is 2.62 bits per heavy atom. The molecule has 0 radical (unpaired) electrons. The summed E-state index contributed by atoms with van der Waals surface area (Å²) < 4.78 is 12.4. The second kappa shape index (κ2) is 10.4. The van der Waals surface area contributed by atoms with Gasteiger partial charge < -0.3 is 14.6 Å². The van der Waals surface area contributed by atoms with E-state index in [9.17, 15) is 9.90 Å². The standard InChI is InChI=1S/C30H40O4/c1-5-16-33-28-14-11-21(17-26(28)27-10-7-15-30(27,3)4)19-34-23-13-12-22-8-6-9-24(25(22)18-23)20(2)29(31)32/h11-14,17-18,20,24,27H,5-10,15-16,19H2,1-4H3,(H,31,32)/t20-,24?,27?/m0/s1. The Morgan fingerprint density at radius 1 is 1.09 bits per heavy atom. The zero-order valence-electron chi connectivity index (χ0n) is 21.2. The van der Waals surface area contributed by atoms with Crippen molar-refractivity contribution in [2.45, 2.75) is 91.1 Å². The fourth-order valence-corrected chi connectivity index (χ4v) is 5.97. The van der Waals surface area contributed by atoms with Crippen molar-refractivity contribution in [2.75, 3.05) is 6.61 Å². The highest BCUT2D eigenvalue weighted by molar-refractivity contribution is 5.71. The van der Waals surface area contributed by atoms with E-state index in [4.69, 9.17) is 9.47 Å². The minimum atomic E-state index is -0.725. The van der Waals surface area contributed by atoms with Crippen LogP contribution in [0.1, 0.15) is 100 Å². The molecule has 2 unspecified atom stereocenters. The first kappa shape index (κ1) is 24.6. The van der Waals surface area contributed by atoms with Crippen molar-refractivity contribution in [1.29, 1.82) is 0 Å². The number of aliphatic carboxylic acids is 1. The van der Waals surface area contributed by atoms with Crippen molar-refractivity contribution in [3.63, 3.8) is 0 Å². The van der Waals surface area contributed by atoms with Crippen LogP contribution in [0.2, 0.25) is 0 Å².